The van der Waals surface area contributed by atoms with Crippen molar-refractivity contribution in [2.45, 2.75) is 44.7 Å². The fourth-order valence-electron chi connectivity index (χ4n) is 3.37. The molecule has 9 nitrogen and oxygen atoms in total. The van der Waals surface area contributed by atoms with Crippen molar-refractivity contribution in [3.05, 3.63) is 82.2 Å². The lowest BCUT2D eigenvalue weighted by Gasteiger charge is -2.24. The van der Waals surface area contributed by atoms with Crippen LogP contribution in [0.2, 0.25) is 0 Å². The van der Waals surface area contributed by atoms with Gasteiger partial charge in [-0.2, -0.15) is 0 Å². The average molecular weight is 441 g/mol. The lowest BCUT2D eigenvalue weighted by atomic mass is 10.1. The van der Waals surface area contributed by atoms with Gasteiger partial charge in [0.15, 0.2) is 6.23 Å². The summed E-state index contributed by atoms with van der Waals surface area (Å²) in [4.78, 5) is 14.7. The molecule has 0 bridgehead atoms. The summed E-state index contributed by atoms with van der Waals surface area (Å²) in [6.45, 7) is 2.55. The minimum Gasteiger partial charge on any atom is -0.464 e. The number of hydrogen-bond acceptors (Lipinski definition) is 7. The highest BCUT2D eigenvalue weighted by molar-refractivity contribution is 5.70. The second-order valence-electron chi connectivity index (χ2n) is 7.11. The number of nitrogens with zero attached hydrogens (tertiary/aromatic N) is 3. The van der Waals surface area contributed by atoms with Gasteiger partial charge in [0, 0.05) is 4.91 Å². The summed E-state index contributed by atoms with van der Waals surface area (Å²) in [5.74, 6) is -0.516. The van der Waals surface area contributed by atoms with E-state index in [2.05, 4.69) is 10.0 Å². The molecular formula is C23H27N3O6. The molecule has 1 aliphatic rings. The molecule has 0 spiro atoms. The molecule has 170 valence electrons. The van der Waals surface area contributed by atoms with Crippen LogP contribution in [0.3, 0.4) is 0 Å². The maximum absolute atomic E-state index is 11.8. The summed E-state index contributed by atoms with van der Waals surface area (Å²) in [6.07, 6.45) is -2.91. The number of ether oxygens (including phenoxy) is 5. The van der Waals surface area contributed by atoms with Gasteiger partial charge in [-0.25, -0.2) is 4.79 Å². The first kappa shape index (κ1) is 23.7. The zero-order chi connectivity index (χ0) is 22.6. The van der Waals surface area contributed by atoms with Crippen molar-refractivity contribution in [3.8, 4) is 0 Å². The third-order valence-corrected chi connectivity index (χ3v) is 4.83. The van der Waals surface area contributed by atoms with Crippen molar-refractivity contribution in [1.82, 2.24) is 0 Å². The van der Waals surface area contributed by atoms with E-state index in [0.29, 0.717) is 13.2 Å². The highest BCUT2D eigenvalue weighted by Crippen LogP contribution is 2.29. The Kier molecular flexibility index (Phi) is 9.49. The van der Waals surface area contributed by atoms with Gasteiger partial charge in [0.25, 0.3) is 0 Å². The van der Waals surface area contributed by atoms with E-state index < -0.39 is 30.5 Å². The van der Waals surface area contributed by atoms with Gasteiger partial charge in [-0.15, -0.1) is 0 Å². The Labute approximate surface area is 186 Å². The van der Waals surface area contributed by atoms with E-state index in [1.165, 1.54) is 0 Å². The zero-order valence-corrected chi connectivity index (χ0v) is 17.9. The summed E-state index contributed by atoms with van der Waals surface area (Å²) in [6, 6.07) is 19.4. The van der Waals surface area contributed by atoms with Crippen molar-refractivity contribution in [3.63, 3.8) is 0 Å². The van der Waals surface area contributed by atoms with Gasteiger partial charge in [0.2, 0.25) is 0 Å². The van der Waals surface area contributed by atoms with Gasteiger partial charge in [-0.05, 0) is 23.6 Å². The largest absolute Gasteiger partial charge is 0.464 e. The highest BCUT2D eigenvalue weighted by atomic mass is 16.6. The Morgan fingerprint density at radius 3 is 2.28 bits per heavy atom. The third-order valence-electron chi connectivity index (χ3n) is 4.83. The molecule has 0 unspecified atom stereocenters. The number of esters is 1. The number of carbonyl (C=O) groups is 1. The van der Waals surface area contributed by atoms with Gasteiger partial charge in [-0.3, -0.25) is 0 Å². The molecule has 3 rings (SSSR count). The second kappa shape index (κ2) is 12.8. The first-order chi connectivity index (χ1) is 15.7. The van der Waals surface area contributed by atoms with Crippen LogP contribution in [0.5, 0.6) is 0 Å². The van der Waals surface area contributed by atoms with Crippen LogP contribution < -0.4 is 0 Å². The summed E-state index contributed by atoms with van der Waals surface area (Å²) in [7, 11) is 0. The molecule has 0 aromatic heterocycles. The topological polar surface area (TPSA) is 112 Å². The zero-order valence-electron chi connectivity index (χ0n) is 17.9. The maximum Gasteiger partial charge on any atom is 0.332 e. The van der Waals surface area contributed by atoms with E-state index in [4.69, 9.17) is 29.2 Å². The molecule has 2 aromatic rings. The summed E-state index contributed by atoms with van der Waals surface area (Å²) in [5, 5.41) is 3.70. The molecule has 0 radical (unpaired) electrons. The van der Waals surface area contributed by atoms with Crippen molar-refractivity contribution in [1.29, 1.82) is 0 Å². The van der Waals surface area contributed by atoms with Crippen LogP contribution in [-0.2, 0) is 41.7 Å². The van der Waals surface area contributed by atoms with E-state index in [1.54, 1.807) is 6.92 Å². The number of hydrogen-bond donors (Lipinski definition) is 0. The molecule has 9 heteroatoms. The molecule has 0 N–H and O–H groups in total. The van der Waals surface area contributed by atoms with Gasteiger partial charge in [-0.1, -0.05) is 65.8 Å². The third kappa shape index (κ3) is 7.05. The molecule has 1 heterocycles. The molecular weight excluding hydrogens is 414 g/mol. The highest BCUT2D eigenvalue weighted by Gasteiger charge is 2.46. The Morgan fingerprint density at radius 2 is 1.66 bits per heavy atom. The minimum absolute atomic E-state index is 0.199. The Hall–Kier alpha value is -2.94. The second-order valence-corrected chi connectivity index (χ2v) is 7.11. The number of benzene rings is 2. The first-order valence-corrected chi connectivity index (χ1v) is 10.5. The fraction of sp³-hybridized carbons (Fsp3) is 0.435. The van der Waals surface area contributed by atoms with Gasteiger partial charge in [0.1, 0.15) is 24.9 Å². The first-order valence-electron chi connectivity index (χ1n) is 10.5. The van der Waals surface area contributed by atoms with Gasteiger partial charge in [0.05, 0.1) is 26.4 Å². The van der Waals surface area contributed by atoms with Crippen LogP contribution in [0.4, 0.5) is 0 Å². The standard InChI is InChI=1S/C23H27N3O6/c1-2-29-20(27)16-31-22-21(30-14-18-11-7-4-8-12-18)19(32-23(22)25-26-24)15-28-13-17-9-5-3-6-10-17/h3-12,19,21-23H,2,13-16H2,1H3/t19-,21+,22+,23+/m1/s1. The number of azide groups is 1. The molecule has 1 saturated heterocycles. The summed E-state index contributed by atoms with van der Waals surface area (Å²) in [5.41, 5.74) is 11.0. The van der Waals surface area contributed by atoms with Crippen LogP contribution >= 0.6 is 0 Å². The molecule has 32 heavy (non-hydrogen) atoms. The summed E-state index contributed by atoms with van der Waals surface area (Å²) >= 11 is 0. The van der Waals surface area contributed by atoms with Crippen molar-refractivity contribution in [2.75, 3.05) is 19.8 Å². The molecule has 1 aliphatic heterocycles. The molecule has 2 aromatic carbocycles. The Balaban J connectivity index is 1.69. The molecule has 0 amide bonds. The number of rotatable bonds is 12. The van der Waals surface area contributed by atoms with Crippen molar-refractivity contribution >= 4 is 5.97 Å². The fourth-order valence-corrected chi connectivity index (χ4v) is 3.37. The summed E-state index contributed by atoms with van der Waals surface area (Å²) < 4.78 is 28.5. The van der Waals surface area contributed by atoms with Crippen LogP contribution in [0.25, 0.3) is 10.4 Å². The molecule has 0 aliphatic carbocycles. The minimum atomic E-state index is -0.958. The smallest absolute Gasteiger partial charge is 0.332 e. The molecule has 4 atom stereocenters. The lowest BCUT2D eigenvalue weighted by molar-refractivity contribution is -0.154. The van der Waals surface area contributed by atoms with Crippen LogP contribution in [0.1, 0.15) is 18.1 Å². The van der Waals surface area contributed by atoms with Crippen LogP contribution in [0.15, 0.2) is 65.8 Å². The Morgan fingerprint density at radius 1 is 1.00 bits per heavy atom. The quantitative estimate of drug-likeness (QED) is 0.214. The van der Waals surface area contributed by atoms with E-state index in [-0.39, 0.29) is 19.8 Å². The predicted octanol–water partition coefficient (Wildman–Crippen LogP) is 3.77. The van der Waals surface area contributed by atoms with E-state index >= 15 is 0 Å². The molecule has 1 fully saturated rings. The van der Waals surface area contributed by atoms with Crippen molar-refractivity contribution < 1.29 is 28.5 Å². The Bertz CT molecular complexity index is 876. The lowest BCUT2D eigenvalue weighted by Crippen LogP contribution is -2.39. The van der Waals surface area contributed by atoms with Gasteiger partial charge < -0.3 is 23.7 Å². The van der Waals surface area contributed by atoms with E-state index in [1.807, 2.05) is 60.7 Å². The molecule has 0 saturated carbocycles. The predicted molar refractivity (Wildman–Crippen MR) is 115 cm³/mol. The van der Waals surface area contributed by atoms with Crippen molar-refractivity contribution in [2.24, 2.45) is 5.11 Å². The van der Waals surface area contributed by atoms with Crippen LogP contribution in [-0.4, -0.2) is 50.3 Å². The average Bonchev–Trinajstić information content (AvgIpc) is 3.14. The van der Waals surface area contributed by atoms with Crippen LogP contribution in [0, 0.1) is 0 Å². The van der Waals surface area contributed by atoms with Gasteiger partial charge >= 0.3 is 5.97 Å². The monoisotopic (exact) mass is 441 g/mol. The maximum atomic E-state index is 11.8. The van der Waals surface area contributed by atoms with E-state index in [9.17, 15) is 4.79 Å². The number of carbonyl (C=O) groups excluding carboxylic acids is 1. The SMILES string of the molecule is CCOC(=O)CO[C@H]1[C@@H](OCc2ccccc2)[C@@H](COCc2ccccc2)O[C@@H]1N=[N+]=[N-]. The van der Waals surface area contributed by atoms with E-state index in [0.717, 1.165) is 11.1 Å². The normalized spacial score (nSPS) is 22.3.